The Morgan fingerprint density at radius 3 is 2.57 bits per heavy atom. The fourth-order valence-electron chi connectivity index (χ4n) is 2.55. The summed E-state index contributed by atoms with van der Waals surface area (Å²) < 4.78 is 0. The molecule has 2 aromatic carbocycles. The van der Waals surface area contributed by atoms with Gasteiger partial charge >= 0.3 is 0 Å². The van der Waals surface area contributed by atoms with Crippen molar-refractivity contribution in [1.82, 2.24) is 0 Å². The minimum absolute atomic E-state index is 0.0326. The number of para-hydroxylation sites is 1. The van der Waals surface area contributed by atoms with Gasteiger partial charge < -0.3 is 10.6 Å². The lowest BCUT2D eigenvalue weighted by Gasteiger charge is -2.21. The molecule has 0 radical (unpaired) electrons. The highest BCUT2D eigenvalue weighted by atomic mass is 32.2. The zero-order chi connectivity index (χ0) is 16.6. The van der Waals surface area contributed by atoms with Gasteiger partial charge in [0, 0.05) is 16.1 Å². The molecule has 3 rings (SSSR count). The van der Waals surface area contributed by atoms with Gasteiger partial charge in [-0.1, -0.05) is 18.2 Å². The van der Waals surface area contributed by atoms with E-state index >= 15 is 0 Å². The normalized spacial score (nSPS) is 16.5. The van der Waals surface area contributed by atoms with Gasteiger partial charge in [0.25, 0.3) is 5.91 Å². The summed E-state index contributed by atoms with van der Waals surface area (Å²) in [7, 11) is 0. The maximum Gasteiger partial charge on any atom is 0.255 e. The van der Waals surface area contributed by atoms with Gasteiger partial charge in [-0.15, -0.1) is 11.8 Å². The summed E-state index contributed by atoms with van der Waals surface area (Å²) >= 11 is 1.51. The summed E-state index contributed by atoms with van der Waals surface area (Å²) in [4.78, 5) is 25.3. The summed E-state index contributed by atoms with van der Waals surface area (Å²) in [6.45, 7) is 5.80. The smallest absolute Gasteiger partial charge is 0.255 e. The molecule has 2 aromatic rings. The van der Waals surface area contributed by atoms with Crippen LogP contribution in [-0.2, 0) is 4.79 Å². The standard InChI is InChI=1S/C18H18N2O2S/c1-10-5-4-6-11(2)16(10)20-18(22)13-7-8-15-14(9-13)19-17(21)12(3)23-15/h4-9,12H,1-3H3,(H,19,21)(H,20,22). The largest absolute Gasteiger partial charge is 0.324 e. The number of carbonyl (C=O) groups is 2. The Kier molecular flexibility index (Phi) is 4.13. The molecule has 118 valence electrons. The molecular weight excluding hydrogens is 308 g/mol. The number of carbonyl (C=O) groups excluding carboxylic acids is 2. The summed E-state index contributed by atoms with van der Waals surface area (Å²) in [5, 5.41) is 5.70. The topological polar surface area (TPSA) is 58.2 Å². The quantitative estimate of drug-likeness (QED) is 0.877. The molecule has 0 aliphatic carbocycles. The maximum absolute atomic E-state index is 12.5. The summed E-state index contributed by atoms with van der Waals surface area (Å²) in [5.41, 5.74) is 4.11. The van der Waals surface area contributed by atoms with E-state index in [0.29, 0.717) is 11.3 Å². The third-order valence-corrected chi connectivity index (χ3v) is 5.07. The number of nitrogens with one attached hydrogen (secondary N) is 2. The Morgan fingerprint density at radius 2 is 1.87 bits per heavy atom. The van der Waals surface area contributed by atoms with Crippen LogP contribution in [-0.4, -0.2) is 17.1 Å². The van der Waals surface area contributed by atoms with Crippen molar-refractivity contribution in [3.05, 3.63) is 53.1 Å². The number of aryl methyl sites for hydroxylation is 2. The van der Waals surface area contributed by atoms with Crippen LogP contribution in [0.1, 0.15) is 28.4 Å². The van der Waals surface area contributed by atoms with Crippen molar-refractivity contribution >= 4 is 35.0 Å². The lowest BCUT2D eigenvalue weighted by molar-refractivity contribution is -0.115. The fraction of sp³-hybridized carbons (Fsp3) is 0.222. The van der Waals surface area contributed by atoms with Gasteiger partial charge in [0.05, 0.1) is 10.9 Å². The molecule has 23 heavy (non-hydrogen) atoms. The van der Waals surface area contributed by atoms with E-state index in [4.69, 9.17) is 0 Å². The van der Waals surface area contributed by atoms with Crippen molar-refractivity contribution in [2.75, 3.05) is 10.6 Å². The van der Waals surface area contributed by atoms with E-state index in [1.165, 1.54) is 11.8 Å². The molecule has 1 aliphatic heterocycles. The van der Waals surface area contributed by atoms with Gasteiger partial charge in [-0.25, -0.2) is 0 Å². The van der Waals surface area contributed by atoms with Gasteiger partial charge in [0.1, 0.15) is 0 Å². The van der Waals surface area contributed by atoms with Gasteiger partial charge in [-0.3, -0.25) is 9.59 Å². The van der Waals surface area contributed by atoms with Crippen LogP contribution in [0.4, 0.5) is 11.4 Å². The Morgan fingerprint density at radius 1 is 1.17 bits per heavy atom. The van der Waals surface area contributed by atoms with Crippen LogP contribution in [0.3, 0.4) is 0 Å². The fourth-order valence-corrected chi connectivity index (χ4v) is 3.48. The van der Waals surface area contributed by atoms with Crippen LogP contribution in [0, 0.1) is 13.8 Å². The highest BCUT2D eigenvalue weighted by molar-refractivity contribution is 8.00. The molecule has 0 saturated heterocycles. The molecule has 1 atom stereocenters. The van der Waals surface area contributed by atoms with Crippen LogP contribution in [0.25, 0.3) is 0 Å². The van der Waals surface area contributed by atoms with Crippen molar-refractivity contribution < 1.29 is 9.59 Å². The second-order valence-electron chi connectivity index (χ2n) is 5.68. The number of thioether (sulfide) groups is 1. The Hall–Kier alpha value is -2.27. The zero-order valence-electron chi connectivity index (χ0n) is 13.3. The van der Waals surface area contributed by atoms with Crippen molar-refractivity contribution in [3.63, 3.8) is 0 Å². The number of fused-ring (bicyclic) bond motifs is 1. The molecule has 4 nitrogen and oxygen atoms in total. The first-order valence-electron chi connectivity index (χ1n) is 7.45. The third kappa shape index (κ3) is 3.10. The van der Waals surface area contributed by atoms with Crippen molar-refractivity contribution in [2.24, 2.45) is 0 Å². The molecule has 0 bridgehead atoms. The van der Waals surface area contributed by atoms with Crippen LogP contribution < -0.4 is 10.6 Å². The summed E-state index contributed by atoms with van der Waals surface area (Å²) in [5.74, 6) is -0.210. The first-order valence-corrected chi connectivity index (χ1v) is 8.33. The van der Waals surface area contributed by atoms with Gasteiger partial charge in [-0.2, -0.15) is 0 Å². The van der Waals surface area contributed by atoms with Crippen LogP contribution >= 0.6 is 11.8 Å². The first-order chi connectivity index (χ1) is 11.0. The molecule has 0 fully saturated rings. The number of anilines is 2. The van der Waals surface area contributed by atoms with E-state index in [1.807, 2.05) is 45.0 Å². The van der Waals surface area contributed by atoms with E-state index in [-0.39, 0.29) is 17.1 Å². The SMILES string of the molecule is Cc1cccc(C)c1NC(=O)c1ccc2c(c1)NC(=O)C(C)S2. The molecule has 5 heteroatoms. The van der Waals surface area contributed by atoms with Gasteiger partial charge in [0.15, 0.2) is 0 Å². The lowest BCUT2D eigenvalue weighted by atomic mass is 10.1. The number of hydrogen-bond acceptors (Lipinski definition) is 3. The van der Waals surface area contributed by atoms with Gasteiger partial charge in [-0.05, 0) is 50.1 Å². The second-order valence-corrected chi connectivity index (χ2v) is 7.06. The predicted octanol–water partition coefficient (Wildman–Crippen LogP) is 3.99. The van der Waals surface area contributed by atoms with E-state index in [0.717, 1.165) is 21.7 Å². The van der Waals surface area contributed by atoms with E-state index in [2.05, 4.69) is 10.6 Å². The number of rotatable bonds is 2. The van der Waals surface area contributed by atoms with Crippen LogP contribution in [0.15, 0.2) is 41.3 Å². The monoisotopic (exact) mass is 326 g/mol. The van der Waals surface area contributed by atoms with Crippen molar-refractivity contribution in [3.8, 4) is 0 Å². The van der Waals surface area contributed by atoms with Crippen molar-refractivity contribution in [1.29, 1.82) is 0 Å². The molecular formula is C18H18N2O2S. The molecule has 1 heterocycles. The maximum atomic E-state index is 12.5. The minimum Gasteiger partial charge on any atom is -0.324 e. The summed E-state index contributed by atoms with van der Waals surface area (Å²) in [6, 6.07) is 11.3. The molecule has 0 aromatic heterocycles. The Bertz CT molecular complexity index is 781. The second kappa shape index (κ2) is 6.08. The first kappa shape index (κ1) is 15.6. The Labute approximate surface area is 139 Å². The van der Waals surface area contributed by atoms with Gasteiger partial charge in [0.2, 0.25) is 5.91 Å². The summed E-state index contributed by atoms with van der Waals surface area (Å²) in [6.07, 6.45) is 0. The number of benzene rings is 2. The van der Waals surface area contributed by atoms with Crippen molar-refractivity contribution in [2.45, 2.75) is 30.9 Å². The molecule has 0 spiro atoms. The van der Waals surface area contributed by atoms with E-state index in [9.17, 15) is 9.59 Å². The molecule has 2 N–H and O–H groups in total. The van der Waals surface area contributed by atoms with E-state index in [1.54, 1.807) is 12.1 Å². The predicted molar refractivity (Wildman–Crippen MR) is 94.3 cm³/mol. The van der Waals surface area contributed by atoms with Crippen LogP contribution in [0.2, 0.25) is 0 Å². The third-order valence-electron chi connectivity index (χ3n) is 3.89. The Balaban J connectivity index is 1.87. The van der Waals surface area contributed by atoms with E-state index < -0.39 is 0 Å². The molecule has 0 saturated carbocycles. The number of amides is 2. The molecule has 2 amide bonds. The average molecular weight is 326 g/mol. The highest BCUT2D eigenvalue weighted by Crippen LogP contribution is 2.36. The number of hydrogen-bond donors (Lipinski definition) is 2. The molecule has 1 unspecified atom stereocenters. The lowest BCUT2D eigenvalue weighted by Crippen LogP contribution is -2.26. The van der Waals surface area contributed by atoms with Crippen LogP contribution in [0.5, 0.6) is 0 Å². The zero-order valence-corrected chi connectivity index (χ0v) is 14.1. The average Bonchev–Trinajstić information content (AvgIpc) is 2.51. The highest BCUT2D eigenvalue weighted by Gasteiger charge is 2.23. The molecule has 1 aliphatic rings. The minimum atomic E-state index is -0.178.